The van der Waals surface area contributed by atoms with Crippen LogP contribution in [0.3, 0.4) is 0 Å². The third kappa shape index (κ3) is 3.49. The topological polar surface area (TPSA) is 54.3 Å². The Labute approximate surface area is 151 Å². The third-order valence-electron chi connectivity index (χ3n) is 4.37. The average molecular weight is 368 g/mol. The van der Waals surface area contributed by atoms with E-state index >= 15 is 0 Å². The number of carbonyl (C=O) groups is 1. The molecule has 0 radical (unpaired) electrons. The molecule has 0 aliphatic carbocycles. The molecule has 2 aromatic heterocycles. The molecule has 0 bridgehead atoms. The predicted octanol–water partition coefficient (Wildman–Crippen LogP) is 2.86. The zero-order valence-corrected chi connectivity index (χ0v) is 15.1. The summed E-state index contributed by atoms with van der Waals surface area (Å²) in [6.07, 6.45) is 6.68. The fourth-order valence-corrected chi connectivity index (χ4v) is 3.51. The molecule has 24 heavy (non-hydrogen) atoms. The number of anilines is 1. The van der Waals surface area contributed by atoms with Crippen LogP contribution in [-0.4, -0.2) is 51.8 Å². The van der Waals surface area contributed by atoms with Gasteiger partial charge in [0.1, 0.15) is 5.82 Å². The second kappa shape index (κ2) is 6.99. The van der Waals surface area contributed by atoms with Crippen molar-refractivity contribution in [3.05, 3.63) is 40.3 Å². The zero-order chi connectivity index (χ0) is 17.3. The third-order valence-corrected chi connectivity index (χ3v) is 4.86. The van der Waals surface area contributed by atoms with Gasteiger partial charge in [0.25, 0.3) is 5.91 Å². The normalized spacial score (nSPS) is 15.6. The molecule has 1 amide bonds. The summed E-state index contributed by atoms with van der Waals surface area (Å²) >= 11 is 12.1. The van der Waals surface area contributed by atoms with Crippen LogP contribution in [0.25, 0.3) is 0 Å². The van der Waals surface area contributed by atoms with Crippen molar-refractivity contribution in [2.24, 2.45) is 7.05 Å². The molecule has 0 spiro atoms. The Morgan fingerprint density at radius 3 is 2.58 bits per heavy atom. The Morgan fingerprint density at radius 1 is 1.29 bits per heavy atom. The van der Waals surface area contributed by atoms with E-state index in [1.54, 1.807) is 36.4 Å². The lowest BCUT2D eigenvalue weighted by molar-refractivity contribution is 0.0709. The lowest BCUT2D eigenvalue weighted by Crippen LogP contribution is -2.45. The van der Waals surface area contributed by atoms with Crippen LogP contribution < -0.4 is 4.90 Å². The van der Waals surface area contributed by atoms with Crippen molar-refractivity contribution in [2.75, 3.05) is 25.0 Å². The second-order valence-corrected chi connectivity index (χ2v) is 6.84. The lowest BCUT2D eigenvalue weighted by Gasteiger charge is -2.37. The van der Waals surface area contributed by atoms with Crippen LogP contribution >= 0.6 is 23.2 Å². The molecule has 0 unspecified atom stereocenters. The number of aryl methyl sites for hydroxylation is 1. The Kier molecular flexibility index (Phi) is 4.96. The van der Waals surface area contributed by atoms with Crippen LogP contribution in [0.4, 0.5) is 5.82 Å². The standard InChI is InChI=1S/C16H19Cl2N5O/c1-21-10-11(8-20-21)16(24)22(2)13-3-5-23(6-4-13)15-14(18)7-12(17)9-19-15/h7-10,13H,3-6H2,1-2H3. The maximum atomic E-state index is 12.5. The van der Waals surface area contributed by atoms with E-state index in [-0.39, 0.29) is 11.9 Å². The minimum atomic E-state index is 0.00389. The van der Waals surface area contributed by atoms with Gasteiger partial charge in [0, 0.05) is 45.6 Å². The van der Waals surface area contributed by atoms with Gasteiger partial charge in [-0.1, -0.05) is 23.2 Å². The number of hydrogen-bond acceptors (Lipinski definition) is 4. The number of carbonyl (C=O) groups excluding carboxylic acids is 1. The van der Waals surface area contributed by atoms with E-state index in [0.29, 0.717) is 15.6 Å². The zero-order valence-electron chi connectivity index (χ0n) is 13.6. The first-order valence-corrected chi connectivity index (χ1v) is 8.53. The molecule has 2 aromatic rings. The van der Waals surface area contributed by atoms with Crippen LogP contribution in [0.5, 0.6) is 0 Å². The summed E-state index contributed by atoms with van der Waals surface area (Å²) in [5.41, 5.74) is 0.616. The summed E-state index contributed by atoms with van der Waals surface area (Å²) in [5, 5.41) is 5.15. The van der Waals surface area contributed by atoms with Crippen molar-refractivity contribution in [1.29, 1.82) is 0 Å². The molecule has 1 fully saturated rings. The number of amides is 1. The summed E-state index contributed by atoms with van der Waals surface area (Å²) in [5.74, 6) is 0.755. The smallest absolute Gasteiger partial charge is 0.257 e. The van der Waals surface area contributed by atoms with Crippen LogP contribution in [0.2, 0.25) is 10.0 Å². The highest BCUT2D eigenvalue weighted by Crippen LogP contribution is 2.29. The molecule has 128 valence electrons. The molecular weight excluding hydrogens is 349 g/mol. The van der Waals surface area contributed by atoms with Crippen molar-refractivity contribution >= 4 is 34.9 Å². The summed E-state index contributed by atoms with van der Waals surface area (Å²) < 4.78 is 1.64. The van der Waals surface area contributed by atoms with E-state index in [2.05, 4.69) is 15.0 Å². The van der Waals surface area contributed by atoms with Gasteiger partial charge in [-0.05, 0) is 18.9 Å². The van der Waals surface area contributed by atoms with Gasteiger partial charge in [0.15, 0.2) is 0 Å². The number of halogens is 2. The molecule has 6 nitrogen and oxygen atoms in total. The molecule has 1 aliphatic rings. The van der Waals surface area contributed by atoms with Gasteiger partial charge in [-0.3, -0.25) is 9.48 Å². The van der Waals surface area contributed by atoms with Gasteiger partial charge < -0.3 is 9.80 Å². The highest BCUT2D eigenvalue weighted by atomic mass is 35.5. The van der Waals surface area contributed by atoms with Crippen LogP contribution in [-0.2, 0) is 7.05 Å². The maximum Gasteiger partial charge on any atom is 0.257 e. The summed E-state index contributed by atoms with van der Waals surface area (Å²) in [4.78, 5) is 20.8. The maximum absolute atomic E-state index is 12.5. The Bertz CT molecular complexity index is 740. The van der Waals surface area contributed by atoms with Crippen molar-refractivity contribution in [2.45, 2.75) is 18.9 Å². The molecule has 0 saturated carbocycles. The lowest BCUT2D eigenvalue weighted by atomic mass is 10.0. The highest BCUT2D eigenvalue weighted by Gasteiger charge is 2.27. The van der Waals surface area contributed by atoms with E-state index in [1.165, 1.54) is 0 Å². The van der Waals surface area contributed by atoms with E-state index < -0.39 is 0 Å². The van der Waals surface area contributed by atoms with Gasteiger partial charge in [-0.25, -0.2) is 4.98 Å². The SMILES string of the molecule is CN(C(=O)c1cnn(C)c1)C1CCN(c2ncc(Cl)cc2Cl)CC1. The first kappa shape index (κ1) is 17.0. The fourth-order valence-electron chi connectivity index (χ4n) is 3.01. The van der Waals surface area contributed by atoms with Gasteiger partial charge in [0.2, 0.25) is 0 Å². The molecule has 1 aliphatic heterocycles. The van der Waals surface area contributed by atoms with E-state index in [0.717, 1.165) is 31.7 Å². The number of hydrogen-bond donors (Lipinski definition) is 0. The highest BCUT2D eigenvalue weighted by molar-refractivity contribution is 6.36. The van der Waals surface area contributed by atoms with Gasteiger partial charge in [-0.2, -0.15) is 5.10 Å². The Morgan fingerprint density at radius 2 is 2.00 bits per heavy atom. The first-order chi connectivity index (χ1) is 11.5. The predicted molar refractivity (Wildman–Crippen MR) is 94.8 cm³/mol. The first-order valence-electron chi connectivity index (χ1n) is 7.77. The molecule has 3 heterocycles. The summed E-state index contributed by atoms with van der Waals surface area (Å²) in [6, 6.07) is 1.90. The number of rotatable bonds is 3. The van der Waals surface area contributed by atoms with Crippen LogP contribution in [0, 0.1) is 0 Å². The Hall–Kier alpha value is -1.79. The van der Waals surface area contributed by atoms with Crippen molar-refractivity contribution in [3.63, 3.8) is 0 Å². The molecule has 0 atom stereocenters. The van der Waals surface area contributed by atoms with Gasteiger partial charge >= 0.3 is 0 Å². The Balaban J connectivity index is 1.63. The van der Waals surface area contributed by atoms with Gasteiger partial charge in [0.05, 0.1) is 21.8 Å². The van der Waals surface area contributed by atoms with Crippen LogP contribution in [0.15, 0.2) is 24.7 Å². The minimum Gasteiger partial charge on any atom is -0.355 e. The number of piperidine rings is 1. The second-order valence-electron chi connectivity index (χ2n) is 6.00. The molecule has 0 N–H and O–H groups in total. The van der Waals surface area contributed by atoms with E-state index in [4.69, 9.17) is 23.2 Å². The molecular formula is C16H19Cl2N5O. The number of nitrogens with zero attached hydrogens (tertiary/aromatic N) is 5. The van der Waals surface area contributed by atoms with Crippen molar-refractivity contribution in [1.82, 2.24) is 19.7 Å². The number of aromatic nitrogens is 3. The molecule has 1 saturated heterocycles. The molecule has 3 rings (SSSR count). The largest absolute Gasteiger partial charge is 0.355 e. The van der Waals surface area contributed by atoms with Crippen LogP contribution in [0.1, 0.15) is 23.2 Å². The van der Waals surface area contributed by atoms with Crippen molar-refractivity contribution < 1.29 is 4.79 Å². The quantitative estimate of drug-likeness (QED) is 0.836. The van der Waals surface area contributed by atoms with Crippen molar-refractivity contribution in [3.8, 4) is 0 Å². The van der Waals surface area contributed by atoms with E-state index in [1.807, 2.05) is 11.9 Å². The van der Waals surface area contributed by atoms with E-state index in [9.17, 15) is 4.79 Å². The summed E-state index contributed by atoms with van der Waals surface area (Å²) in [6.45, 7) is 1.59. The molecule has 0 aromatic carbocycles. The molecule has 8 heteroatoms. The monoisotopic (exact) mass is 367 g/mol. The minimum absolute atomic E-state index is 0.00389. The van der Waals surface area contributed by atoms with Gasteiger partial charge in [-0.15, -0.1) is 0 Å². The summed E-state index contributed by atoms with van der Waals surface area (Å²) in [7, 11) is 3.65. The number of pyridine rings is 1. The average Bonchev–Trinajstić information content (AvgIpc) is 3.00. The fraction of sp³-hybridized carbons (Fsp3) is 0.438.